The highest BCUT2D eigenvalue weighted by atomic mass is 16.4. The summed E-state index contributed by atoms with van der Waals surface area (Å²) in [6.07, 6.45) is 6.82. The van der Waals surface area contributed by atoms with Gasteiger partial charge in [-0.15, -0.1) is 0 Å². The van der Waals surface area contributed by atoms with E-state index in [0.717, 1.165) is 37.3 Å². The molecule has 1 aliphatic heterocycles. The summed E-state index contributed by atoms with van der Waals surface area (Å²) in [5.74, 6) is 0.364. The van der Waals surface area contributed by atoms with Gasteiger partial charge in [-0.3, -0.25) is 14.4 Å². The largest absolute Gasteiger partial charge is 0.481 e. The van der Waals surface area contributed by atoms with Gasteiger partial charge >= 0.3 is 5.97 Å². The van der Waals surface area contributed by atoms with Gasteiger partial charge in [-0.1, -0.05) is 25.5 Å². The van der Waals surface area contributed by atoms with Crippen molar-refractivity contribution in [3.63, 3.8) is 0 Å². The van der Waals surface area contributed by atoms with Gasteiger partial charge in [0.05, 0.1) is 11.6 Å². The van der Waals surface area contributed by atoms with E-state index in [1.807, 2.05) is 18.2 Å². The van der Waals surface area contributed by atoms with Crippen LogP contribution in [0.25, 0.3) is 0 Å². The number of nitrogens with zero attached hydrogens (tertiary/aromatic N) is 1. The maximum absolute atomic E-state index is 11.8. The summed E-state index contributed by atoms with van der Waals surface area (Å²) in [6.45, 7) is 2.19. The van der Waals surface area contributed by atoms with Crippen LogP contribution in [0.5, 0.6) is 0 Å². The Morgan fingerprint density at radius 1 is 1.12 bits per heavy atom. The van der Waals surface area contributed by atoms with Crippen molar-refractivity contribution in [1.29, 1.82) is 0 Å². The summed E-state index contributed by atoms with van der Waals surface area (Å²) in [5.41, 5.74) is 1.39. The molecule has 0 aromatic heterocycles. The van der Waals surface area contributed by atoms with Crippen LogP contribution in [0.4, 0.5) is 5.69 Å². The molecule has 1 saturated carbocycles. The molecular weight excluding hydrogens is 330 g/mol. The first kappa shape index (κ1) is 20.1. The monoisotopic (exact) mass is 359 g/mol. The minimum Gasteiger partial charge on any atom is -0.481 e. The van der Waals surface area contributed by atoms with Crippen molar-refractivity contribution in [2.75, 3.05) is 11.9 Å². The number of Topliss-reactive ketones (excluding diaryl/α,β-unsaturated/α-hetero) is 1. The Bertz CT molecular complexity index is 647. The zero-order valence-corrected chi connectivity index (χ0v) is 15.7. The van der Waals surface area contributed by atoms with E-state index in [2.05, 4.69) is 6.92 Å². The Balaban J connectivity index is 0.000000197. The zero-order chi connectivity index (χ0) is 19.1. The highest BCUT2D eigenvalue weighted by Gasteiger charge is 2.24. The molecule has 2 aliphatic rings. The van der Waals surface area contributed by atoms with Crippen LogP contribution in [0.1, 0.15) is 68.6 Å². The Morgan fingerprint density at radius 2 is 1.77 bits per heavy atom. The first-order valence-electron chi connectivity index (χ1n) is 9.55. The number of ketones is 1. The molecule has 1 N–H and O–H groups in total. The molecule has 0 radical (unpaired) electrons. The van der Waals surface area contributed by atoms with Gasteiger partial charge in [-0.2, -0.15) is 0 Å². The summed E-state index contributed by atoms with van der Waals surface area (Å²) < 4.78 is 0. The summed E-state index contributed by atoms with van der Waals surface area (Å²) in [5, 5.41) is 8.70. The molecule has 0 bridgehead atoms. The number of aliphatic carboxylic acids is 1. The lowest BCUT2D eigenvalue weighted by molar-refractivity contribution is -0.143. The topological polar surface area (TPSA) is 74.7 Å². The predicted molar refractivity (Wildman–Crippen MR) is 101 cm³/mol. The van der Waals surface area contributed by atoms with Crippen LogP contribution in [-0.4, -0.2) is 29.8 Å². The molecule has 142 valence electrons. The number of carboxylic acid groups (broad SMARTS) is 1. The number of carbonyl (C=O) groups excluding carboxylic acids is 2. The fraction of sp³-hybridized carbons (Fsp3) is 0.571. The number of amides is 1. The molecule has 1 fully saturated rings. The number of para-hydroxylation sites is 1. The molecule has 1 aromatic carbocycles. The Hall–Kier alpha value is -2.17. The molecule has 5 nitrogen and oxygen atoms in total. The van der Waals surface area contributed by atoms with E-state index < -0.39 is 5.97 Å². The lowest BCUT2D eigenvalue weighted by atomic mass is 9.81. The third-order valence-electron chi connectivity index (χ3n) is 5.51. The number of carboxylic acids is 1. The van der Waals surface area contributed by atoms with E-state index in [-0.39, 0.29) is 17.6 Å². The fourth-order valence-corrected chi connectivity index (χ4v) is 3.66. The van der Waals surface area contributed by atoms with Crippen molar-refractivity contribution < 1.29 is 19.5 Å². The van der Waals surface area contributed by atoms with Crippen LogP contribution in [0.2, 0.25) is 0 Å². The van der Waals surface area contributed by atoms with E-state index in [1.54, 1.807) is 18.0 Å². The second-order valence-electron chi connectivity index (χ2n) is 7.21. The van der Waals surface area contributed by atoms with E-state index in [4.69, 9.17) is 5.11 Å². The van der Waals surface area contributed by atoms with E-state index in [1.165, 1.54) is 6.42 Å². The average Bonchev–Trinajstić information content (AvgIpc) is 2.67. The molecule has 0 spiro atoms. The first-order valence-corrected chi connectivity index (χ1v) is 9.55. The average molecular weight is 359 g/mol. The molecule has 1 aliphatic carbocycles. The van der Waals surface area contributed by atoms with Crippen LogP contribution in [0.15, 0.2) is 24.3 Å². The molecule has 1 heterocycles. The highest BCUT2D eigenvalue weighted by molar-refractivity contribution is 6.06. The Kier molecular flexibility index (Phi) is 7.37. The van der Waals surface area contributed by atoms with Gasteiger partial charge in [-0.25, -0.2) is 0 Å². The molecule has 1 aromatic rings. The van der Waals surface area contributed by atoms with Gasteiger partial charge in [0.2, 0.25) is 5.91 Å². The normalized spacial score (nSPS) is 23.2. The van der Waals surface area contributed by atoms with Gasteiger partial charge in [0, 0.05) is 25.5 Å². The summed E-state index contributed by atoms with van der Waals surface area (Å²) in [4.78, 5) is 35.5. The number of rotatable bonds is 2. The lowest BCUT2D eigenvalue weighted by Gasteiger charge is -2.24. The summed E-state index contributed by atoms with van der Waals surface area (Å²) in [7, 11) is 1.72. The lowest BCUT2D eigenvalue weighted by Crippen LogP contribution is -2.29. The number of anilines is 1. The van der Waals surface area contributed by atoms with Crippen molar-refractivity contribution in [1.82, 2.24) is 0 Å². The fourth-order valence-electron chi connectivity index (χ4n) is 3.66. The molecule has 0 unspecified atom stereocenters. The van der Waals surface area contributed by atoms with Crippen LogP contribution in [-0.2, 0) is 9.59 Å². The number of hydrogen-bond donors (Lipinski definition) is 1. The second kappa shape index (κ2) is 9.51. The Labute approximate surface area is 155 Å². The zero-order valence-electron chi connectivity index (χ0n) is 15.7. The molecule has 5 heteroatoms. The quantitative estimate of drug-likeness (QED) is 0.854. The van der Waals surface area contributed by atoms with Gasteiger partial charge < -0.3 is 10.0 Å². The van der Waals surface area contributed by atoms with Gasteiger partial charge in [-0.05, 0) is 50.2 Å². The van der Waals surface area contributed by atoms with Crippen molar-refractivity contribution in [2.24, 2.45) is 11.8 Å². The van der Waals surface area contributed by atoms with E-state index in [0.29, 0.717) is 24.8 Å². The maximum atomic E-state index is 11.8. The van der Waals surface area contributed by atoms with Crippen molar-refractivity contribution in [3.8, 4) is 0 Å². The molecule has 0 saturated heterocycles. The van der Waals surface area contributed by atoms with Gasteiger partial charge in [0.15, 0.2) is 5.78 Å². The minimum atomic E-state index is -0.598. The molecular formula is C21H29NO4. The van der Waals surface area contributed by atoms with Crippen LogP contribution in [0, 0.1) is 11.8 Å². The number of fused-ring (bicyclic) bond motifs is 1. The SMILES string of the molecule is CCC1CCC(C(=O)O)CC1.CN1C(=O)CCCC(=O)c2ccccc21. The number of benzene rings is 1. The van der Waals surface area contributed by atoms with Crippen LogP contribution >= 0.6 is 0 Å². The molecule has 26 heavy (non-hydrogen) atoms. The number of hydrogen-bond acceptors (Lipinski definition) is 3. The smallest absolute Gasteiger partial charge is 0.306 e. The summed E-state index contributed by atoms with van der Waals surface area (Å²) >= 11 is 0. The summed E-state index contributed by atoms with van der Waals surface area (Å²) in [6, 6.07) is 7.28. The molecule has 1 amide bonds. The second-order valence-corrected chi connectivity index (χ2v) is 7.21. The van der Waals surface area contributed by atoms with Crippen molar-refractivity contribution in [3.05, 3.63) is 29.8 Å². The predicted octanol–water partition coefficient (Wildman–Crippen LogP) is 4.30. The molecule has 0 atom stereocenters. The van der Waals surface area contributed by atoms with E-state index in [9.17, 15) is 14.4 Å². The highest BCUT2D eigenvalue weighted by Crippen LogP contribution is 2.30. The third kappa shape index (κ3) is 5.16. The third-order valence-corrected chi connectivity index (χ3v) is 5.51. The van der Waals surface area contributed by atoms with Crippen molar-refractivity contribution in [2.45, 2.75) is 58.3 Å². The first-order chi connectivity index (χ1) is 12.4. The Morgan fingerprint density at radius 3 is 2.38 bits per heavy atom. The van der Waals surface area contributed by atoms with Crippen molar-refractivity contribution >= 4 is 23.3 Å². The van der Waals surface area contributed by atoms with Crippen LogP contribution < -0.4 is 4.90 Å². The van der Waals surface area contributed by atoms with Crippen LogP contribution in [0.3, 0.4) is 0 Å². The standard InChI is InChI=1S/C12H13NO2.C9H16O2/c1-13-10-6-3-2-5-9(10)11(14)7-4-8-12(13)15;1-2-7-3-5-8(6-4-7)9(10)11/h2-3,5-6H,4,7-8H2,1H3;7-8H,2-6H2,1H3,(H,10,11). The van der Waals surface area contributed by atoms with E-state index >= 15 is 0 Å². The minimum absolute atomic E-state index is 0.0437. The maximum Gasteiger partial charge on any atom is 0.306 e. The van der Waals surface area contributed by atoms with Gasteiger partial charge in [0.1, 0.15) is 0 Å². The number of carbonyl (C=O) groups is 3. The molecule has 3 rings (SSSR count). The van der Waals surface area contributed by atoms with Gasteiger partial charge in [0.25, 0.3) is 0 Å².